The Morgan fingerprint density at radius 3 is 2.05 bits per heavy atom. The second-order valence-corrected chi connectivity index (χ2v) is 14.4. The van der Waals surface area contributed by atoms with E-state index >= 15 is 0 Å². The molecule has 0 saturated heterocycles. The fourth-order valence-electron chi connectivity index (χ4n) is 6.67. The Morgan fingerprint density at radius 1 is 0.900 bits per heavy atom. The second kappa shape index (κ2) is 15.0. The Bertz CT molecular complexity index is 1050. The number of rotatable bonds is 14. The fourth-order valence-corrected chi connectivity index (χ4v) is 8.22. The molecule has 2 atom stereocenters. The van der Waals surface area contributed by atoms with Crippen molar-refractivity contribution in [3.63, 3.8) is 0 Å². The Hall–Kier alpha value is -1.68. The summed E-state index contributed by atoms with van der Waals surface area (Å²) in [5, 5.41) is 0. The number of hydrogen-bond acceptors (Lipinski definition) is 6. The molecule has 9 heteroatoms. The first-order valence-electron chi connectivity index (χ1n) is 15.0. The van der Waals surface area contributed by atoms with Crippen LogP contribution in [-0.4, -0.2) is 95.6 Å². The van der Waals surface area contributed by atoms with Crippen molar-refractivity contribution in [2.75, 3.05) is 55.1 Å². The number of aryl methyl sites for hydroxylation is 2. The first-order chi connectivity index (χ1) is 18.9. The molecule has 228 valence electrons. The number of likely N-dealkylation sites (N-methyl/N-ethyl adjacent to an activating group) is 2. The van der Waals surface area contributed by atoms with Gasteiger partial charge in [0.05, 0.1) is 18.6 Å². The minimum Gasteiger partial charge on any atom is -0.497 e. The SMILES string of the molecule is COc1cc(C)c(S(=O)(=O)N(C)CCOCC(=O)N(C)C2CCC(CCCC3CCC(N(C)C)C3)CC2)c(C)c1. The number of carbonyl (C=O) groups excluding carboxylic acids is 1. The Labute approximate surface area is 243 Å². The summed E-state index contributed by atoms with van der Waals surface area (Å²) in [5.74, 6) is 2.29. The third-order valence-corrected chi connectivity index (χ3v) is 11.5. The molecule has 1 amide bonds. The highest BCUT2D eigenvalue weighted by molar-refractivity contribution is 7.89. The van der Waals surface area contributed by atoms with Gasteiger partial charge in [0.1, 0.15) is 12.4 Å². The molecular weight excluding hydrogens is 526 g/mol. The smallest absolute Gasteiger partial charge is 0.248 e. The number of methoxy groups -OCH3 is 1. The summed E-state index contributed by atoms with van der Waals surface area (Å²) in [7, 11) is 5.72. The molecule has 40 heavy (non-hydrogen) atoms. The van der Waals surface area contributed by atoms with E-state index in [2.05, 4.69) is 19.0 Å². The number of sulfonamides is 1. The van der Waals surface area contributed by atoms with Crippen LogP contribution in [0, 0.1) is 25.7 Å². The van der Waals surface area contributed by atoms with Gasteiger partial charge in [0.2, 0.25) is 15.9 Å². The molecule has 2 aliphatic rings. The molecule has 0 heterocycles. The van der Waals surface area contributed by atoms with Crippen LogP contribution in [0.15, 0.2) is 17.0 Å². The summed E-state index contributed by atoms with van der Waals surface area (Å²) in [5.41, 5.74) is 1.28. The van der Waals surface area contributed by atoms with Crippen molar-refractivity contribution < 1.29 is 22.7 Å². The summed E-state index contributed by atoms with van der Waals surface area (Å²) in [6, 6.07) is 4.50. The lowest BCUT2D eigenvalue weighted by Gasteiger charge is -2.35. The van der Waals surface area contributed by atoms with Crippen molar-refractivity contribution >= 4 is 15.9 Å². The van der Waals surface area contributed by atoms with Crippen molar-refractivity contribution in [1.82, 2.24) is 14.1 Å². The minimum atomic E-state index is -3.68. The lowest BCUT2D eigenvalue weighted by Crippen LogP contribution is -2.41. The molecule has 2 aliphatic carbocycles. The molecule has 0 aromatic heterocycles. The van der Waals surface area contributed by atoms with Gasteiger partial charge in [-0.3, -0.25) is 4.79 Å². The normalized spacial score (nSPS) is 23.6. The third kappa shape index (κ3) is 8.66. The van der Waals surface area contributed by atoms with Crippen molar-refractivity contribution in [2.45, 2.75) is 95.0 Å². The average Bonchev–Trinajstić information content (AvgIpc) is 3.39. The highest BCUT2D eigenvalue weighted by atomic mass is 32.2. The molecule has 2 saturated carbocycles. The van der Waals surface area contributed by atoms with Crippen LogP contribution in [-0.2, 0) is 19.6 Å². The maximum Gasteiger partial charge on any atom is 0.248 e. The van der Waals surface area contributed by atoms with Crippen molar-refractivity contribution in [3.8, 4) is 5.75 Å². The first kappa shape index (κ1) is 32.8. The van der Waals surface area contributed by atoms with Crippen LogP contribution in [0.4, 0.5) is 0 Å². The van der Waals surface area contributed by atoms with Crippen LogP contribution >= 0.6 is 0 Å². The van der Waals surface area contributed by atoms with E-state index < -0.39 is 10.0 Å². The number of hydrogen-bond donors (Lipinski definition) is 0. The van der Waals surface area contributed by atoms with Crippen molar-refractivity contribution in [2.24, 2.45) is 11.8 Å². The van der Waals surface area contributed by atoms with E-state index in [1.54, 1.807) is 40.1 Å². The van der Waals surface area contributed by atoms with Crippen molar-refractivity contribution in [1.29, 1.82) is 0 Å². The third-order valence-electron chi connectivity index (χ3n) is 9.34. The molecule has 2 fully saturated rings. The number of ether oxygens (including phenoxy) is 2. The van der Waals surface area contributed by atoms with Gasteiger partial charge < -0.3 is 19.3 Å². The molecule has 1 aromatic carbocycles. The highest BCUT2D eigenvalue weighted by Gasteiger charge is 2.29. The van der Waals surface area contributed by atoms with E-state index in [9.17, 15) is 13.2 Å². The van der Waals surface area contributed by atoms with Gasteiger partial charge in [0, 0.05) is 32.7 Å². The van der Waals surface area contributed by atoms with Crippen LogP contribution in [0.1, 0.15) is 75.3 Å². The molecule has 0 spiro atoms. The standard InChI is InChI=1S/C31H53N3O5S/c1-23-19-29(38-7)20-24(2)31(23)40(36,37)33(5)17-18-39-22-30(35)34(6)27-14-11-25(12-15-27)9-8-10-26-13-16-28(21-26)32(3)4/h19-20,25-28H,8-18,21-22H2,1-7H3. The van der Waals surface area contributed by atoms with Crippen LogP contribution in [0.25, 0.3) is 0 Å². The van der Waals surface area contributed by atoms with E-state index in [4.69, 9.17) is 9.47 Å². The lowest BCUT2D eigenvalue weighted by atomic mass is 9.82. The van der Waals surface area contributed by atoms with Gasteiger partial charge in [0.15, 0.2) is 0 Å². The minimum absolute atomic E-state index is 0.0275. The summed E-state index contributed by atoms with van der Waals surface area (Å²) >= 11 is 0. The largest absolute Gasteiger partial charge is 0.497 e. The van der Waals surface area contributed by atoms with Gasteiger partial charge in [-0.1, -0.05) is 19.3 Å². The molecule has 3 rings (SSSR count). The first-order valence-corrected chi connectivity index (χ1v) is 16.5. The zero-order valence-electron chi connectivity index (χ0n) is 25.9. The van der Waals surface area contributed by atoms with Crippen LogP contribution in [0.2, 0.25) is 0 Å². The van der Waals surface area contributed by atoms with Crippen LogP contribution < -0.4 is 4.74 Å². The molecule has 1 aromatic rings. The summed E-state index contributed by atoms with van der Waals surface area (Å²) in [4.78, 5) is 17.3. The summed E-state index contributed by atoms with van der Waals surface area (Å²) in [6.45, 7) is 3.84. The molecule has 2 unspecified atom stereocenters. The number of nitrogens with zero attached hydrogens (tertiary/aromatic N) is 3. The maximum absolute atomic E-state index is 13.2. The highest BCUT2D eigenvalue weighted by Crippen LogP contribution is 2.35. The molecule has 0 N–H and O–H groups in total. The second-order valence-electron chi connectivity index (χ2n) is 12.4. The number of benzene rings is 1. The predicted octanol–water partition coefficient (Wildman–Crippen LogP) is 4.87. The van der Waals surface area contributed by atoms with Crippen LogP contribution in [0.3, 0.4) is 0 Å². The molecule has 0 bridgehead atoms. The van der Waals surface area contributed by atoms with Gasteiger partial charge in [-0.15, -0.1) is 0 Å². The van der Waals surface area contributed by atoms with Gasteiger partial charge >= 0.3 is 0 Å². The topological polar surface area (TPSA) is 79.4 Å². The van der Waals surface area contributed by atoms with Gasteiger partial charge in [-0.2, -0.15) is 4.31 Å². The van der Waals surface area contributed by atoms with Gasteiger partial charge in [-0.05, 0) is 108 Å². The van der Waals surface area contributed by atoms with Gasteiger partial charge in [-0.25, -0.2) is 8.42 Å². The summed E-state index contributed by atoms with van der Waals surface area (Å²) < 4.78 is 38.5. The monoisotopic (exact) mass is 579 g/mol. The van der Waals surface area contributed by atoms with Gasteiger partial charge in [0.25, 0.3) is 0 Å². The Kier molecular flexibility index (Phi) is 12.3. The van der Waals surface area contributed by atoms with E-state index in [1.165, 1.54) is 55.7 Å². The molecular formula is C31H53N3O5S. The quantitative estimate of drug-likeness (QED) is 0.293. The maximum atomic E-state index is 13.2. The van der Waals surface area contributed by atoms with E-state index in [0.717, 1.165) is 30.7 Å². The Morgan fingerprint density at radius 2 is 1.48 bits per heavy atom. The number of amides is 1. The van der Waals surface area contributed by atoms with E-state index in [0.29, 0.717) is 21.8 Å². The zero-order valence-corrected chi connectivity index (χ0v) is 26.8. The predicted molar refractivity (Wildman–Crippen MR) is 160 cm³/mol. The molecule has 0 aliphatic heterocycles. The van der Waals surface area contributed by atoms with Crippen molar-refractivity contribution in [3.05, 3.63) is 23.3 Å². The van der Waals surface area contributed by atoms with E-state index in [-0.39, 0.29) is 31.7 Å². The Balaban J connectivity index is 1.34. The molecule has 0 radical (unpaired) electrons. The lowest BCUT2D eigenvalue weighted by molar-refractivity contribution is -0.137. The van der Waals surface area contributed by atoms with E-state index in [1.807, 2.05) is 11.9 Å². The van der Waals surface area contributed by atoms with Crippen LogP contribution in [0.5, 0.6) is 5.75 Å². The summed E-state index contributed by atoms with van der Waals surface area (Å²) in [6.07, 6.45) is 12.6. The average molecular weight is 580 g/mol. The number of carbonyl (C=O) groups is 1. The molecule has 8 nitrogen and oxygen atoms in total. The zero-order chi connectivity index (χ0) is 29.4. The fraction of sp³-hybridized carbons (Fsp3) is 0.774.